The van der Waals surface area contributed by atoms with Crippen LogP contribution >= 0.6 is 0 Å². The highest BCUT2D eigenvalue weighted by atomic mass is 16.1. The molecule has 0 saturated carbocycles. The number of hydrogen-bond acceptors (Lipinski definition) is 4. The fourth-order valence-corrected chi connectivity index (χ4v) is 1.96. The van der Waals surface area contributed by atoms with Crippen molar-refractivity contribution in [1.82, 2.24) is 10.3 Å². The van der Waals surface area contributed by atoms with Crippen molar-refractivity contribution in [3.05, 3.63) is 53.9 Å². The minimum absolute atomic E-state index is 0.00877. The van der Waals surface area contributed by atoms with Crippen molar-refractivity contribution in [3.8, 4) is 0 Å². The van der Waals surface area contributed by atoms with Gasteiger partial charge in [0.2, 0.25) is 0 Å². The fraction of sp³-hybridized carbons (Fsp3) is 0.235. The van der Waals surface area contributed by atoms with Gasteiger partial charge in [0.25, 0.3) is 5.91 Å². The first kappa shape index (κ1) is 15.7. The van der Waals surface area contributed by atoms with Gasteiger partial charge in [-0.1, -0.05) is 19.1 Å². The average molecular weight is 297 g/mol. The van der Waals surface area contributed by atoms with Crippen LogP contribution in [0.15, 0.2) is 42.7 Å². The van der Waals surface area contributed by atoms with Crippen molar-refractivity contribution in [2.45, 2.75) is 20.3 Å². The lowest BCUT2D eigenvalue weighted by Crippen LogP contribution is -2.24. The van der Waals surface area contributed by atoms with Crippen molar-refractivity contribution in [3.63, 3.8) is 0 Å². The summed E-state index contributed by atoms with van der Waals surface area (Å²) in [5.74, 6) is -0.134. The van der Waals surface area contributed by atoms with E-state index < -0.39 is 0 Å². The Morgan fingerprint density at radius 1 is 1.09 bits per heavy atom. The van der Waals surface area contributed by atoms with Crippen LogP contribution in [-0.4, -0.2) is 23.2 Å². The Kier molecular flexibility index (Phi) is 5.25. The molecule has 0 atom stereocenters. The van der Waals surface area contributed by atoms with E-state index in [-0.39, 0.29) is 11.7 Å². The highest BCUT2D eigenvalue weighted by Gasteiger charge is 2.07. The predicted molar refractivity (Wildman–Crippen MR) is 86.6 cm³/mol. The molecule has 0 spiro atoms. The molecule has 0 aliphatic heterocycles. The quantitative estimate of drug-likeness (QED) is 0.803. The molecule has 0 bridgehead atoms. The van der Waals surface area contributed by atoms with Gasteiger partial charge >= 0.3 is 0 Å². The Morgan fingerprint density at radius 3 is 2.59 bits per heavy atom. The first-order valence-electron chi connectivity index (χ1n) is 7.21. The van der Waals surface area contributed by atoms with E-state index in [1.54, 1.807) is 24.4 Å². The number of aromatic nitrogens is 1. The first-order valence-corrected chi connectivity index (χ1v) is 7.21. The summed E-state index contributed by atoms with van der Waals surface area (Å²) >= 11 is 0. The maximum absolute atomic E-state index is 11.9. The molecular formula is C17H19N3O2. The number of nitrogens with zero attached hydrogens (tertiary/aromatic N) is 1. The van der Waals surface area contributed by atoms with Gasteiger partial charge in [0, 0.05) is 24.0 Å². The van der Waals surface area contributed by atoms with Gasteiger partial charge in [-0.2, -0.15) is 0 Å². The van der Waals surface area contributed by atoms with Gasteiger partial charge in [0.15, 0.2) is 5.78 Å². The lowest BCUT2D eigenvalue weighted by atomic mass is 10.1. The molecule has 1 aromatic heterocycles. The molecule has 5 nitrogen and oxygen atoms in total. The third-order valence-corrected chi connectivity index (χ3v) is 3.09. The number of carbonyl (C=O) groups excluding carboxylic acids is 2. The van der Waals surface area contributed by atoms with Crippen LogP contribution < -0.4 is 10.6 Å². The van der Waals surface area contributed by atoms with Crippen LogP contribution in [0.1, 0.15) is 41.0 Å². The molecular weight excluding hydrogens is 278 g/mol. The van der Waals surface area contributed by atoms with Crippen LogP contribution in [0, 0.1) is 0 Å². The Bertz CT molecular complexity index is 683. The summed E-state index contributed by atoms with van der Waals surface area (Å²) in [7, 11) is 0. The molecule has 0 aliphatic rings. The summed E-state index contributed by atoms with van der Waals surface area (Å²) in [4.78, 5) is 27.4. The lowest BCUT2D eigenvalue weighted by molar-refractivity contribution is 0.0952. The molecule has 1 heterocycles. The lowest BCUT2D eigenvalue weighted by Gasteiger charge is -2.09. The Hall–Kier alpha value is -2.69. The largest absolute Gasteiger partial charge is 0.354 e. The number of rotatable bonds is 6. The summed E-state index contributed by atoms with van der Waals surface area (Å²) in [6.45, 7) is 4.16. The molecule has 22 heavy (non-hydrogen) atoms. The highest BCUT2D eigenvalue weighted by Crippen LogP contribution is 2.18. The third kappa shape index (κ3) is 4.15. The molecule has 114 valence electrons. The minimum Gasteiger partial charge on any atom is -0.354 e. The van der Waals surface area contributed by atoms with E-state index in [0.29, 0.717) is 23.4 Å². The second-order valence-corrected chi connectivity index (χ2v) is 4.98. The first-order chi connectivity index (χ1) is 10.6. The predicted octanol–water partition coefficient (Wildman–Crippen LogP) is 3.17. The molecule has 2 rings (SSSR count). The van der Waals surface area contributed by atoms with Crippen molar-refractivity contribution in [2.24, 2.45) is 0 Å². The van der Waals surface area contributed by atoms with E-state index in [0.717, 1.165) is 12.1 Å². The summed E-state index contributed by atoms with van der Waals surface area (Å²) in [6, 6.07) is 8.94. The second-order valence-electron chi connectivity index (χ2n) is 4.98. The molecule has 5 heteroatoms. The average Bonchev–Trinajstić information content (AvgIpc) is 2.53. The Balaban J connectivity index is 2.15. The van der Waals surface area contributed by atoms with Crippen LogP contribution in [0.25, 0.3) is 0 Å². The van der Waals surface area contributed by atoms with Crippen LogP contribution in [0.5, 0.6) is 0 Å². The minimum atomic E-state index is -0.143. The van der Waals surface area contributed by atoms with Crippen molar-refractivity contribution < 1.29 is 9.59 Å². The molecule has 1 aromatic carbocycles. The van der Waals surface area contributed by atoms with E-state index in [1.165, 1.54) is 13.1 Å². The van der Waals surface area contributed by atoms with Crippen LogP contribution in [0.2, 0.25) is 0 Å². The van der Waals surface area contributed by atoms with Crippen molar-refractivity contribution in [2.75, 3.05) is 11.9 Å². The van der Waals surface area contributed by atoms with E-state index in [9.17, 15) is 9.59 Å². The van der Waals surface area contributed by atoms with Crippen molar-refractivity contribution >= 4 is 23.1 Å². The molecule has 2 aromatic rings. The topological polar surface area (TPSA) is 71.1 Å². The molecule has 0 fully saturated rings. The summed E-state index contributed by atoms with van der Waals surface area (Å²) < 4.78 is 0. The zero-order chi connectivity index (χ0) is 15.9. The number of Topliss-reactive ketones (excluding diaryl/α,β-unsaturated/α-hetero) is 1. The van der Waals surface area contributed by atoms with Crippen LogP contribution in [-0.2, 0) is 0 Å². The number of nitrogens with one attached hydrogen (secondary N) is 2. The van der Waals surface area contributed by atoms with E-state index in [2.05, 4.69) is 15.6 Å². The maximum atomic E-state index is 11.9. The van der Waals surface area contributed by atoms with Gasteiger partial charge in [0.05, 0.1) is 17.4 Å². The Labute approximate surface area is 129 Å². The van der Waals surface area contributed by atoms with Gasteiger partial charge in [-0.15, -0.1) is 0 Å². The normalized spacial score (nSPS) is 10.1. The third-order valence-electron chi connectivity index (χ3n) is 3.09. The molecule has 0 unspecified atom stereocenters. The molecule has 2 N–H and O–H groups in total. The fourth-order valence-electron chi connectivity index (χ4n) is 1.96. The molecule has 0 saturated heterocycles. The van der Waals surface area contributed by atoms with E-state index >= 15 is 0 Å². The maximum Gasteiger partial charge on any atom is 0.252 e. The van der Waals surface area contributed by atoms with Gasteiger partial charge in [-0.25, -0.2) is 0 Å². The summed E-state index contributed by atoms with van der Waals surface area (Å²) in [5.41, 5.74) is 2.61. The van der Waals surface area contributed by atoms with Crippen LogP contribution in [0.4, 0.5) is 11.4 Å². The number of benzene rings is 1. The Morgan fingerprint density at radius 2 is 1.86 bits per heavy atom. The van der Waals surface area contributed by atoms with Gasteiger partial charge in [0.1, 0.15) is 0 Å². The smallest absolute Gasteiger partial charge is 0.252 e. The number of ketones is 1. The monoisotopic (exact) mass is 297 g/mol. The zero-order valence-electron chi connectivity index (χ0n) is 12.7. The van der Waals surface area contributed by atoms with E-state index in [1.807, 2.05) is 19.1 Å². The summed E-state index contributed by atoms with van der Waals surface area (Å²) in [6.07, 6.45) is 4.05. The van der Waals surface area contributed by atoms with Gasteiger partial charge < -0.3 is 10.6 Å². The molecule has 0 aliphatic carbocycles. The highest BCUT2D eigenvalue weighted by molar-refractivity contribution is 5.96. The van der Waals surface area contributed by atoms with Gasteiger partial charge in [-0.05, 0) is 31.5 Å². The van der Waals surface area contributed by atoms with Gasteiger partial charge in [-0.3, -0.25) is 14.6 Å². The van der Waals surface area contributed by atoms with Crippen molar-refractivity contribution in [1.29, 1.82) is 0 Å². The zero-order valence-corrected chi connectivity index (χ0v) is 12.7. The number of amides is 1. The SMILES string of the molecule is CCCNC(=O)c1cncc(Nc2cccc(C(C)=O)c2)c1. The number of hydrogen-bond donors (Lipinski definition) is 2. The standard InChI is InChI=1S/C17H19N3O2/c1-3-7-19-17(22)14-9-16(11-18-10-14)20-15-6-4-5-13(8-15)12(2)21/h4-6,8-11,20H,3,7H2,1-2H3,(H,19,22). The molecule has 0 radical (unpaired) electrons. The number of anilines is 2. The second kappa shape index (κ2) is 7.36. The number of carbonyl (C=O) groups is 2. The van der Waals surface area contributed by atoms with Crippen LogP contribution in [0.3, 0.4) is 0 Å². The summed E-state index contributed by atoms with van der Waals surface area (Å²) in [5, 5.41) is 5.97. The van der Waals surface area contributed by atoms with E-state index in [4.69, 9.17) is 0 Å². The number of pyridine rings is 1. The molecule has 1 amide bonds.